The molecule has 1 aromatic rings. The molecule has 2 heterocycles. The number of pyridine rings is 1. The number of amides is 1. The topological polar surface area (TPSA) is 59.2 Å². The van der Waals surface area contributed by atoms with Gasteiger partial charge in [0.25, 0.3) is 0 Å². The predicted molar refractivity (Wildman–Crippen MR) is 58.2 cm³/mol. The predicted octanol–water partition coefficient (Wildman–Crippen LogP) is 0.829. The van der Waals surface area contributed by atoms with E-state index in [0.29, 0.717) is 12.1 Å². The van der Waals surface area contributed by atoms with E-state index in [-0.39, 0.29) is 5.91 Å². The van der Waals surface area contributed by atoms with E-state index >= 15 is 0 Å². The summed E-state index contributed by atoms with van der Waals surface area (Å²) in [6.45, 7) is 1.79. The maximum atomic E-state index is 11.8. The second kappa shape index (κ2) is 4.29. The highest BCUT2D eigenvalue weighted by atomic mass is 16.2. The summed E-state index contributed by atoms with van der Waals surface area (Å²) < 4.78 is 0. The highest BCUT2D eigenvalue weighted by molar-refractivity contribution is 5.78. The minimum atomic E-state index is 0.171. The van der Waals surface area contributed by atoms with Crippen molar-refractivity contribution in [2.75, 3.05) is 18.8 Å². The number of nitrogen functional groups attached to an aromatic ring is 1. The molecular formula is C11H15N3O. The van der Waals surface area contributed by atoms with Crippen LogP contribution in [0.3, 0.4) is 0 Å². The second-order valence-electron chi connectivity index (χ2n) is 3.85. The lowest BCUT2D eigenvalue weighted by Crippen LogP contribution is -2.29. The summed E-state index contributed by atoms with van der Waals surface area (Å²) in [6.07, 6.45) is 4.23. The molecule has 4 heteroatoms. The quantitative estimate of drug-likeness (QED) is 0.778. The molecule has 15 heavy (non-hydrogen) atoms. The Balaban J connectivity index is 1.96. The molecule has 80 valence electrons. The molecule has 0 saturated carbocycles. The molecule has 1 fully saturated rings. The van der Waals surface area contributed by atoms with Gasteiger partial charge in [-0.25, -0.2) is 0 Å². The summed E-state index contributed by atoms with van der Waals surface area (Å²) in [4.78, 5) is 17.8. The van der Waals surface area contributed by atoms with Crippen molar-refractivity contribution in [1.82, 2.24) is 9.88 Å². The number of likely N-dealkylation sites (tertiary alicyclic amines) is 1. The van der Waals surface area contributed by atoms with Gasteiger partial charge in [0.2, 0.25) is 5.91 Å². The van der Waals surface area contributed by atoms with E-state index < -0.39 is 0 Å². The molecule has 0 aliphatic carbocycles. The smallest absolute Gasteiger partial charge is 0.228 e. The van der Waals surface area contributed by atoms with Crippen LogP contribution in [0.1, 0.15) is 18.5 Å². The molecule has 0 atom stereocenters. The van der Waals surface area contributed by atoms with Crippen molar-refractivity contribution in [3.63, 3.8) is 0 Å². The molecule has 0 unspecified atom stereocenters. The van der Waals surface area contributed by atoms with E-state index in [1.54, 1.807) is 12.3 Å². The second-order valence-corrected chi connectivity index (χ2v) is 3.85. The Bertz CT molecular complexity index is 341. The minimum absolute atomic E-state index is 0.171. The first-order chi connectivity index (χ1) is 7.25. The normalized spacial score (nSPS) is 15.6. The number of nitrogens with zero attached hydrogens (tertiary/aromatic N) is 2. The van der Waals surface area contributed by atoms with Gasteiger partial charge >= 0.3 is 0 Å². The Morgan fingerprint density at radius 2 is 2.13 bits per heavy atom. The monoisotopic (exact) mass is 205 g/mol. The molecule has 0 radical (unpaired) electrons. The molecule has 1 amide bonds. The van der Waals surface area contributed by atoms with Crippen molar-refractivity contribution >= 4 is 11.6 Å². The summed E-state index contributed by atoms with van der Waals surface area (Å²) in [5.41, 5.74) is 6.95. The van der Waals surface area contributed by atoms with Crippen LogP contribution in [0.15, 0.2) is 18.3 Å². The molecule has 1 saturated heterocycles. The minimum Gasteiger partial charge on any atom is -0.397 e. The third-order valence-electron chi connectivity index (χ3n) is 2.64. The maximum absolute atomic E-state index is 11.8. The summed E-state index contributed by atoms with van der Waals surface area (Å²) in [5.74, 6) is 0.171. The van der Waals surface area contributed by atoms with Crippen molar-refractivity contribution in [2.45, 2.75) is 19.3 Å². The molecule has 0 aromatic carbocycles. The third-order valence-corrected chi connectivity index (χ3v) is 2.64. The van der Waals surface area contributed by atoms with Gasteiger partial charge in [-0.3, -0.25) is 9.78 Å². The molecule has 0 bridgehead atoms. The molecule has 1 aliphatic rings. The zero-order valence-electron chi connectivity index (χ0n) is 8.65. The van der Waals surface area contributed by atoms with Gasteiger partial charge in [0.1, 0.15) is 0 Å². The fraction of sp³-hybridized carbons (Fsp3) is 0.455. The van der Waals surface area contributed by atoms with Crippen molar-refractivity contribution in [3.8, 4) is 0 Å². The van der Waals surface area contributed by atoms with Gasteiger partial charge in [-0.2, -0.15) is 0 Å². The Labute approximate surface area is 89.1 Å². The largest absolute Gasteiger partial charge is 0.397 e. The van der Waals surface area contributed by atoms with Crippen LogP contribution < -0.4 is 5.73 Å². The first-order valence-corrected chi connectivity index (χ1v) is 5.24. The fourth-order valence-electron chi connectivity index (χ4n) is 1.77. The zero-order chi connectivity index (χ0) is 10.7. The van der Waals surface area contributed by atoms with Crippen LogP contribution in [0.4, 0.5) is 5.69 Å². The Kier molecular flexibility index (Phi) is 2.85. The Morgan fingerprint density at radius 3 is 2.73 bits per heavy atom. The molecular weight excluding hydrogens is 190 g/mol. The van der Waals surface area contributed by atoms with Gasteiger partial charge in [-0.1, -0.05) is 0 Å². The standard InChI is InChI=1S/C11H15N3O/c12-9-3-4-10(13-8-9)7-11(15)14-5-1-2-6-14/h3-4,8H,1-2,5-7,12H2. The Morgan fingerprint density at radius 1 is 1.40 bits per heavy atom. The van der Waals surface area contributed by atoms with E-state index in [1.807, 2.05) is 11.0 Å². The SMILES string of the molecule is Nc1ccc(CC(=O)N2CCCC2)nc1. The van der Waals surface area contributed by atoms with Crippen molar-refractivity contribution < 1.29 is 4.79 Å². The van der Waals surface area contributed by atoms with Gasteiger partial charge in [0.15, 0.2) is 0 Å². The first kappa shape index (κ1) is 9.96. The number of hydrogen-bond acceptors (Lipinski definition) is 3. The first-order valence-electron chi connectivity index (χ1n) is 5.24. The molecule has 1 aliphatic heterocycles. The lowest BCUT2D eigenvalue weighted by atomic mass is 10.2. The van der Waals surface area contributed by atoms with Crippen molar-refractivity contribution in [1.29, 1.82) is 0 Å². The van der Waals surface area contributed by atoms with E-state index in [0.717, 1.165) is 31.6 Å². The number of hydrogen-bond donors (Lipinski definition) is 1. The Hall–Kier alpha value is -1.58. The molecule has 2 N–H and O–H groups in total. The van der Waals surface area contributed by atoms with Gasteiger partial charge < -0.3 is 10.6 Å². The fourth-order valence-corrected chi connectivity index (χ4v) is 1.77. The van der Waals surface area contributed by atoms with Crippen LogP contribution in [0.2, 0.25) is 0 Å². The number of anilines is 1. The average Bonchev–Trinajstić information content (AvgIpc) is 2.74. The number of carbonyl (C=O) groups is 1. The van der Waals surface area contributed by atoms with Crippen LogP contribution >= 0.6 is 0 Å². The number of carbonyl (C=O) groups excluding carboxylic acids is 1. The summed E-state index contributed by atoms with van der Waals surface area (Å²) >= 11 is 0. The lowest BCUT2D eigenvalue weighted by molar-refractivity contribution is -0.129. The highest BCUT2D eigenvalue weighted by Gasteiger charge is 2.18. The van der Waals surface area contributed by atoms with E-state index in [4.69, 9.17) is 5.73 Å². The molecule has 4 nitrogen and oxygen atoms in total. The van der Waals surface area contributed by atoms with E-state index in [2.05, 4.69) is 4.98 Å². The lowest BCUT2D eigenvalue weighted by Gasteiger charge is -2.14. The summed E-state index contributed by atoms with van der Waals surface area (Å²) in [5, 5.41) is 0. The summed E-state index contributed by atoms with van der Waals surface area (Å²) in [7, 11) is 0. The van der Waals surface area contributed by atoms with Gasteiger partial charge in [0.05, 0.1) is 18.3 Å². The van der Waals surface area contributed by atoms with Crippen LogP contribution in [0.25, 0.3) is 0 Å². The van der Waals surface area contributed by atoms with Crippen LogP contribution in [0.5, 0.6) is 0 Å². The molecule has 2 rings (SSSR count). The number of nitrogens with two attached hydrogens (primary N) is 1. The van der Waals surface area contributed by atoms with Gasteiger partial charge in [-0.15, -0.1) is 0 Å². The van der Waals surface area contributed by atoms with E-state index in [1.165, 1.54) is 0 Å². The van der Waals surface area contributed by atoms with Crippen LogP contribution in [0, 0.1) is 0 Å². The van der Waals surface area contributed by atoms with Crippen LogP contribution in [-0.4, -0.2) is 28.9 Å². The number of aromatic nitrogens is 1. The van der Waals surface area contributed by atoms with Gasteiger partial charge in [0, 0.05) is 18.8 Å². The molecule has 1 aromatic heterocycles. The van der Waals surface area contributed by atoms with Gasteiger partial charge in [-0.05, 0) is 25.0 Å². The third kappa shape index (κ3) is 2.46. The van der Waals surface area contributed by atoms with Crippen molar-refractivity contribution in [3.05, 3.63) is 24.0 Å². The maximum Gasteiger partial charge on any atom is 0.228 e. The van der Waals surface area contributed by atoms with E-state index in [9.17, 15) is 4.79 Å². The summed E-state index contributed by atoms with van der Waals surface area (Å²) in [6, 6.07) is 3.59. The highest BCUT2D eigenvalue weighted by Crippen LogP contribution is 2.10. The average molecular weight is 205 g/mol. The zero-order valence-corrected chi connectivity index (χ0v) is 8.65. The number of rotatable bonds is 2. The van der Waals surface area contributed by atoms with Crippen molar-refractivity contribution in [2.24, 2.45) is 0 Å². The van der Waals surface area contributed by atoms with Crippen LogP contribution in [-0.2, 0) is 11.2 Å². The molecule has 0 spiro atoms.